The van der Waals surface area contributed by atoms with Crippen molar-refractivity contribution in [2.24, 2.45) is 0 Å². The van der Waals surface area contributed by atoms with E-state index in [2.05, 4.69) is 10.1 Å². The van der Waals surface area contributed by atoms with Gasteiger partial charge in [-0.15, -0.1) is 11.3 Å². The molecule has 0 bridgehead atoms. The molecular formula is C22H21N3O4S. The van der Waals surface area contributed by atoms with E-state index in [0.717, 1.165) is 57.9 Å². The number of benzene rings is 2. The summed E-state index contributed by atoms with van der Waals surface area (Å²) in [5.41, 5.74) is 2.46. The van der Waals surface area contributed by atoms with Crippen LogP contribution in [0.1, 0.15) is 30.7 Å². The fraction of sp³-hybridized carbons (Fsp3) is 0.273. The van der Waals surface area contributed by atoms with Crippen LogP contribution in [-0.4, -0.2) is 21.7 Å². The minimum absolute atomic E-state index is 0.0381. The average molecular weight is 423 g/mol. The molecule has 0 amide bonds. The second-order valence-corrected chi connectivity index (χ2v) is 8.05. The molecule has 0 N–H and O–H groups in total. The summed E-state index contributed by atoms with van der Waals surface area (Å²) in [6.07, 6.45) is 3.54. The lowest BCUT2D eigenvalue weighted by atomic mass is 10.1. The largest absolute Gasteiger partial charge is 0.487 e. The molecule has 0 saturated heterocycles. The molecule has 4 rings (SSSR count). The molecule has 0 aliphatic heterocycles. The standard InChI is InChI=1S/C22H21N3O4S/c1-15-13-17(29-24-15)7-3-2-6-12-28-20-11-10-16(14-19(20)25(26)27)22-23-18-8-4-5-9-21(18)30-22/h4-5,8-11,13-14H,2-3,6-7,12H2,1H3. The van der Waals surface area contributed by atoms with Crippen molar-refractivity contribution in [3.8, 4) is 16.3 Å². The fourth-order valence-electron chi connectivity index (χ4n) is 3.21. The van der Waals surface area contributed by atoms with E-state index in [1.165, 1.54) is 11.3 Å². The predicted molar refractivity (Wildman–Crippen MR) is 116 cm³/mol. The van der Waals surface area contributed by atoms with Crippen molar-refractivity contribution in [3.63, 3.8) is 0 Å². The summed E-state index contributed by atoms with van der Waals surface area (Å²) in [5.74, 6) is 1.17. The van der Waals surface area contributed by atoms with Gasteiger partial charge in [0.1, 0.15) is 10.8 Å². The lowest BCUT2D eigenvalue weighted by Gasteiger charge is -2.07. The van der Waals surface area contributed by atoms with Crippen molar-refractivity contribution in [2.45, 2.75) is 32.6 Å². The molecule has 0 saturated carbocycles. The van der Waals surface area contributed by atoms with Gasteiger partial charge in [-0.05, 0) is 50.5 Å². The van der Waals surface area contributed by atoms with Gasteiger partial charge in [0.05, 0.1) is 27.4 Å². The Bertz CT molecular complexity index is 1140. The van der Waals surface area contributed by atoms with Gasteiger partial charge >= 0.3 is 5.69 Å². The summed E-state index contributed by atoms with van der Waals surface area (Å²) in [7, 11) is 0. The van der Waals surface area contributed by atoms with E-state index in [0.29, 0.717) is 6.61 Å². The monoisotopic (exact) mass is 423 g/mol. The number of hydrogen-bond acceptors (Lipinski definition) is 7. The molecule has 0 fully saturated rings. The molecular weight excluding hydrogens is 402 g/mol. The molecule has 154 valence electrons. The predicted octanol–water partition coefficient (Wildman–Crippen LogP) is 5.96. The van der Waals surface area contributed by atoms with E-state index < -0.39 is 4.92 Å². The summed E-state index contributed by atoms with van der Waals surface area (Å²) in [6.45, 7) is 2.33. The van der Waals surface area contributed by atoms with Crippen LogP contribution >= 0.6 is 11.3 Å². The van der Waals surface area contributed by atoms with Gasteiger partial charge in [0, 0.05) is 24.1 Å². The number of nitro benzene ring substituents is 1. The zero-order valence-electron chi connectivity index (χ0n) is 16.5. The highest BCUT2D eigenvalue weighted by Gasteiger charge is 2.18. The third kappa shape index (κ3) is 4.65. The minimum atomic E-state index is -0.404. The average Bonchev–Trinajstić information content (AvgIpc) is 3.36. The highest BCUT2D eigenvalue weighted by Crippen LogP contribution is 2.35. The molecule has 2 aromatic carbocycles. The topological polar surface area (TPSA) is 91.3 Å². The smallest absolute Gasteiger partial charge is 0.311 e. The molecule has 8 heteroatoms. The fourth-order valence-corrected chi connectivity index (χ4v) is 4.17. The second kappa shape index (κ2) is 9.04. The lowest BCUT2D eigenvalue weighted by Crippen LogP contribution is -2.01. The van der Waals surface area contributed by atoms with E-state index in [1.54, 1.807) is 12.1 Å². The van der Waals surface area contributed by atoms with Crippen molar-refractivity contribution < 1.29 is 14.2 Å². The molecule has 0 atom stereocenters. The molecule has 30 heavy (non-hydrogen) atoms. The SMILES string of the molecule is Cc1cc(CCCCCOc2ccc(-c3nc4ccccc4s3)cc2[N+](=O)[O-])on1. The zero-order valence-corrected chi connectivity index (χ0v) is 17.4. The van der Waals surface area contributed by atoms with Gasteiger partial charge in [-0.2, -0.15) is 0 Å². The Morgan fingerprint density at radius 2 is 2.00 bits per heavy atom. The Balaban J connectivity index is 1.36. The van der Waals surface area contributed by atoms with Crippen LogP contribution in [0.4, 0.5) is 5.69 Å². The molecule has 0 radical (unpaired) electrons. The summed E-state index contributed by atoms with van der Waals surface area (Å²) in [6, 6.07) is 14.8. The van der Waals surface area contributed by atoms with E-state index in [1.807, 2.05) is 43.3 Å². The van der Waals surface area contributed by atoms with Gasteiger partial charge in [0.2, 0.25) is 0 Å². The Hall–Kier alpha value is -3.26. The number of hydrogen-bond donors (Lipinski definition) is 0. The third-order valence-corrected chi connectivity index (χ3v) is 5.78. The van der Waals surface area contributed by atoms with E-state index >= 15 is 0 Å². The highest BCUT2D eigenvalue weighted by molar-refractivity contribution is 7.21. The van der Waals surface area contributed by atoms with Crippen LogP contribution < -0.4 is 4.74 Å². The molecule has 2 heterocycles. The van der Waals surface area contributed by atoms with E-state index in [9.17, 15) is 10.1 Å². The number of fused-ring (bicyclic) bond motifs is 1. The van der Waals surface area contributed by atoms with Crippen LogP contribution in [0.5, 0.6) is 5.75 Å². The van der Waals surface area contributed by atoms with Gasteiger partial charge in [-0.1, -0.05) is 17.3 Å². The lowest BCUT2D eigenvalue weighted by molar-refractivity contribution is -0.385. The number of aryl methyl sites for hydroxylation is 2. The molecule has 0 aliphatic rings. The number of ether oxygens (including phenoxy) is 1. The van der Waals surface area contributed by atoms with Gasteiger partial charge in [-0.25, -0.2) is 4.98 Å². The minimum Gasteiger partial charge on any atom is -0.487 e. The number of thiazole rings is 1. The molecule has 0 unspecified atom stereocenters. The Labute approximate surface area is 177 Å². The Kier molecular flexibility index (Phi) is 6.04. The van der Waals surface area contributed by atoms with Crippen molar-refractivity contribution >= 4 is 27.2 Å². The summed E-state index contributed by atoms with van der Waals surface area (Å²) in [5, 5.41) is 16.2. The van der Waals surface area contributed by atoms with Crippen LogP contribution in [0.15, 0.2) is 53.1 Å². The first-order chi connectivity index (χ1) is 14.6. The molecule has 0 spiro atoms. The normalized spacial score (nSPS) is 11.1. The first-order valence-corrected chi connectivity index (χ1v) is 10.6. The quantitative estimate of drug-likeness (QED) is 0.187. The summed E-state index contributed by atoms with van der Waals surface area (Å²) >= 11 is 1.52. The molecule has 4 aromatic rings. The van der Waals surface area contributed by atoms with Gasteiger partial charge < -0.3 is 9.26 Å². The third-order valence-electron chi connectivity index (χ3n) is 4.70. The number of nitro groups is 1. The van der Waals surface area contributed by atoms with Crippen LogP contribution in [0.25, 0.3) is 20.8 Å². The number of unbranched alkanes of at least 4 members (excludes halogenated alkanes) is 2. The molecule has 7 nitrogen and oxygen atoms in total. The van der Waals surface area contributed by atoms with Crippen molar-refractivity contribution in [1.29, 1.82) is 0 Å². The zero-order chi connectivity index (χ0) is 20.9. The van der Waals surface area contributed by atoms with Crippen molar-refractivity contribution in [2.75, 3.05) is 6.61 Å². The number of nitrogens with zero attached hydrogens (tertiary/aromatic N) is 3. The summed E-state index contributed by atoms with van der Waals surface area (Å²) < 4.78 is 12.0. The first kappa shape index (κ1) is 20.0. The molecule has 2 aromatic heterocycles. The number of para-hydroxylation sites is 1. The van der Waals surface area contributed by atoms with Crippen LogP contribution in [0.2, 0.25) is 0 Å². The van der Waals surface area contributed by atoms with Crippen LogP contribution in [-0.2, 0) is 6.42 Å². The van der Waals surface area contributed by atoms with Gasteiger partial charge in [0.25, 0.3) is 0 Å². The van der Waals surface area contributed by atoms with Gasteiger partial charge in [0.15, 0.2) is 5.75 Å². The number of rotatable bonds is 9. The number of aromatic nitrogens is 2. The van der Waals surface area contributed by atoms with Crippen molar-refractivity contribution in [1.82, 2.24) is 10.1 Å². The van der Waals surface area contributed by atoms with E-state index in [4.69, 9.17) is 9.26 Å². The van der Waals surface area contributed by atoms with Gasteiger partial charge in [-0.3, -0.25) is 10.1 Å². The molecule has 0 aliphatic carbocycles. The summed E-state index contributed by atoms with van der Waals surface area (Å²) in [4.78, 5) is 15.7. The Morgan fingerprint density at radius 1 is 1.13 bits per heavy atom. The maximum absolute atomic E-state index is 11.6. The van der Waals surface area contributed by atoms with Crippen LogP contribution in [0.3, 0.4) is 0 Å². The van der Waals surface area contributed by atoms with Crippen molar-refractivity contribution in [3.05, 3.63) is 70.1 Å². The van der Waals surface area contributed by atoms with Crippen LogP contribution in [0, 0.1) is 17.0 Å². The maximum Gasteiger partial charge on any atom is 0.311 e. The first-order valence-electron chi connectivity index (χ1n) is 9.79. The van der Waals surface area contributed by atoms with E-state index in [-0.39, 0.29) is 11.4 Å². The maximum atomic E-state index is 11.6. The second-order valence-electron chi connectivity index (χ2n) is 7.02. The Morgan fingerprint density at radius 3 is 2.77 bits per heavy atom. The highest BCUT2D eigenvalue weighted by atomic mass is 32.1.